The maximum absolute atomic E-state index is 12.1. The first-order chi connectivity index (χ1) is 9.72. The molecule has 3 heterocycles. The molecule has 20 heavy (non-hydrogen) atoms. The SMILES string of the molecule is Cc1nc(CC(=O)N[C@H]2COC[C@@H]2N2CCCC2)cs1. The number of hydrogen-bond donors (Lipinski definition) is 1. The molecule has 0 bridgehead atoms. The summed E-state index contributed by atoms with van der Waals surface area (Å²) in [6.07, 6.45) is 2.89. The van der Waals surface area contributed by atoms with Crippen molar-refractivity contribution in [3.8, 4) is 0 Å². The number of amides is 1. The van der Waals surface area contributed by atoms with Crippen molar-refractivity contribution in [3.05, 3.63) is 16.1 Å². The Morgan fingerprint density at radius 2 is 2.30 bits per heavy atom. The summed E-state index contributed by atoms with van der Waals surface area (Å²) in [6.45, 7) is 5.58. The fourth-order valence-corrected chi connectivity index (χ4v) is 3.64. The van der Waals surface area contributed by atoms with Gasteiger partial charge in [-0.3, -0.25) is 9.69 Å². The molecule has 110 valence electrons. The minimum absolute atomic E-state index is 0.0509. The average Bonchev–Trinajstić information content (AvgIpc) is 3.10. The predicted molar refractivity (Wildman–Crippen MR) is 77.9 cm³/mol. The van der Waals surface area contributed by atoms with Gasteiger partial charge in [0, 0.05) is 5.38 Å². The molecule has 5 nitrogen and oxygen atoms in total. The lowest BCUT2D eigenvalue weighted by atomic mass is 10.1. The fraction of sp³-hybridized carbons (Fsp3) is 0.714. The Bertz CT molecular complexity index is 471. The first kappa shape index (κ1) is 14.0. The zero-order chi connectivity index (χ0) is 13.9. The van der Waals surface area contributed by atoms with Crippen LogP contribution in [-0.4, -0.2) is 54.2 Å². The predicted octanol–water partition coefficient (Wildman–Crippen LogP) is 0.973. The van der Waals surface area contributed by atoms with Gasteiger partial charge >= 0.3 is 0 Å². The Kier molecular flexibility index (Phi) is 4.33. The van der Waals surface area contributed by atoms with Crippen molar-refractivity contribution >= 4 is 17.2 Å². The summed E-state index contributed by atoms with van der Waals surface area (Å²) < 4.78 is 5.57. The van der Waals surface area contributed by atoms with Crippen LogP contribution in [0.2, 0.25) is 0 Å². The Balaban J connectivity index is 1.54. The molecule has 0 aromatic carbocycles. The fourth-order valence-electron chi connectivity index (χ4n) is 3.03. The molecule has 2 fully saturated rings. The lowest BCUT2D eigenvalue weighted by molar-refractivity contribution is -0.121. The standard InChI is InChI=1S/C14H21N3O2S/c1-10-15-11(9-20-10)6-14(18)16-12-7-19-8-13(12)17-4-2-3-5-17/h9,12-13H,2-8H2,1H3,(H,16,18)/t12-,13-/m0/s1. The van der Waals surface area contributed by atoms with Crippen molar-refractivity contribution in [2.75, 3.05) is 26.3 Å². The molecular formula is C14H21N3O2S. The van der Waals surface area contributed by atoms with Crippen LogP contribution in [0.3, 0.4) is 0 Å². The van der Waals surface area contributed by atoms with E-state index in [9.17, 15) is 4.79 Å². The highest BCUT2D eigenvalue weighted by atomic mass is 32.1. The molecule has 1 N–H and O–H groups in total. The zero-order valence-electron chi connectivity index (χ0n) is 11.8. The van der Waals surface area contributed by atoms with Crippen LogP contribution in [0.15, 0.2) is 5.38 Å². The Hall–Kier alpha value is -0.980. The normalized spacial score (nSPS) is 27.1. The van der Waals surface area contributed by atoms with E-state index in [-0.39, 0.29) is 11.9 Å². The molecule has 0 unspecified atom stereocenters. The van der Waals surface area contributed by atoms with Gasteiger partial charge in [0.1, 0.15) is 0 Å². The molecule has 6 heteroatoms. The molecule has 1 aromatic rings. The van der Waals surface area contributed by atoms with E-state index in [0.717, 1.165) is 30.4 Å². The van der Waals surface area contributed by atoms with Crippen LogP contribution in [0.1, 0.15) is 23.5 Å². The second-order valence-corrected chi connectivity index (χ2v) is 6.62. The van der Waals surface area contributed by atoms with Gasteiger partial charge in [-0.25, -0.2) is 4.98 Å². The third-order valence-corrected chi connectivity index (χ3v) is 4.84. The Morgan fingerprint density at radius 3 is 3.00 bits per heavy atom. The summed E-state index contributed by atoms with van der Waals surface area (Å²) in [6, 6.07) is 0.471. The van der Waals surface area contributed by atoms with E-state index in [1.54, 1.807) is 11.3 Å². The summed E-state index contributed by atoms with van der Waals surface area (Å²) in [5.41, 5.74) is 0.863. The number of nitrogens with one attached hydrogen (secondary N) is 1. The molecule has 1 amide bonds. The van der Waals surface area contributed by atoms with Crippen LogP contribution in [0.25, 0.3) is 0 Å². The van der Waals surface area contributed by atoms with Gasteiger partial charge in [0.05, 0.1) is 42.4 Å². The number of rotatable bonds is 4. The molecular weight excluding hydrogens is 274 g/mol. The molecule has 2 saturated heterocycles. The third kappa shape index (κ3) is 3.19. The van der Waals surface area contributed by atoms with Gasteiger partial charge < -0.3 is 10.1 Å². The van der Waals surface area contributed by atoms with Crippen LogP contribution in [0, 0.1) is 6.92 Å². The van der Waals surface area contributed by atoms with Crippen molar-refractivity contribution in [2.45, 2.75) is 38.3 Å². The summed E-state index contributed by atoms with van der Waals surface area (Å²) in [5.74, 6) is 0.0509. The highest BCUT2D eigenvalue weighted by Gasteiger charge is 2.35. The summed E-state index contributed by atoms with van der Waals surface area (Å²) in [7, 11) is 0. The number of carbonyl (C=O) groups excluding carboxylic acids is 1. The molecule has 3 rings (SSSR count). The van der Waals surface area contributed by atoms with Crippen molar-refractivity contribution in [1.29, 1.82) is 0 Å². The summed E-state index contributed by atoms with van der Waals surface area (Å²) in [5, 5.41) is 6.09. The molecule has 0 radical (unpaired) electrons. The number of nitrogens with zero attached hydrogens (tertiary/aromatic N) is 2. The number of likely N-dealkylation sites (tertiary alicyclic amines) is 1. The Morgan fingerprint density at radius 1 is 1.50 bits per heavy atom. The van der Waals surface area contributed by atoms with E-state index >= 15 is 0 Å². The van der Waals surface area contributed by atoms with Crippen LogP contribution >= 0.6 is 11.3 Å². The average molecular weight is 295 g/mol. The number of thiazole rings is 1. The number of aromatic nitrogens is 1. The molecule has 2 atom stereocenters. The van der Waals surface area contributed by atoms with Gasteiger partial charge in [0.25, 0.3) is 0 Å². The van der Waals surface area contributed by atoms with Crippen molar-refractivity contribution in [3.63, 3.8) is 0 Å². The van der Waals surface area contributed by atoms with Gasteiger partial charge in [0.15, 0.2) is 0 Å². The monoisotopic (exact) mass is 295 g/mol. The minimum Gasteiger partial charge on any atom is -0.378 e. The van der Waals surface area contributed by atoms with Crippen molar-refractivity contribution < 1.29 is 9.53 Å². The lowest BCUT2D eigenvalue weighted by Gasteiger charge is -2.27. The second kappa shape index (κ2) is 6.20. The number of carbonyl (C=O) groups is 1. The van der Waals surface area contributed by atoms with Crippen molar-refractivity contribution in [2.24, 2.45) is 0 Å². The van der Waals surface area contributed by atoms with Gasteiger partial charge in [0.2, 0.25) is 5.91 Å². The highest BCUT2D eigenvalue weighted by molar-refractivity contribution is 7.09. The van der Waals surface area contributed by atoms with E-state index in [1.165, 1.54) is 12.8 Å². The molecule has 0 aliphatic carbocycles. The smallest absolute Gasteiger partial charge is 0.226 e. The zero-order valence-corrected chi connectivity index (χ0v) is 12.6. The third-order valence-electron chi connectivity index (χ3n) is 4.01. The largest absolute Gasteiger partial charge is 0.378 e. The van der Waals surface area contributed by atoms with E-state index < -0.39 is 0 Å². The lowest BCUT2D eigenvalue weighted by Crippen LogP contribution is -2.50. The highest BCUT2D eigenvalue weighted by Crippen LogP contribution is 2.19. The number of ether oxygens (including phenoxy) is 1. The minimum atomic E-state index is 0.0509. The molecule has 0 saturated carbocycles. The molecule has 2 aliphatic rings. The van der Waals surface area contributed by atoms with Crippen molar-refractivity contribution in [1.82, 2.24) is 15.2 Å². The maximum atomic E-state index is 12.1. The van der Waals surface area contributed by atoms with Crippen LogP contribution in [-0.2, 0) is 16.0 Å². The Labute approximate surface area is 123 Å². The van der Waals surface area contributed by atoms with Gasteiger partial charge in [-0.1, -0.05) is 0 Å². The van der Waals surface area contributed by atoms with Crippen LogP contribution in [0.5, 0.6) is 0 Å². The molecule has 1 aromatic heterocycles. The van der Waals surface area contributed by atoms with E-state index in [2.05, 4.69) is 15.2 Å². The number of aryl methyl sites for hydroxylation is 1. The second-order valence-electron chi connectivity index (χ2n) is 5.56. The topological polar surface area (TPSA) is 54.5 Å². The van der Waals surface area contributed by atoms with E-state index in [4.69, 9.17) is 4.74 Å². The van der Waals surface area contributed by atoms with Gasteiger partial charge in [-0.2, -0.15) is 0 Å². The van der Waals surface area contributed by atoms with Crippen LogP contribution < -0.4 is 5.32 Å². The summed E-state index contributed by atoms with van der Waals surface area (Å²) >= 11 is 1.59. The molecule has 2 aliphatic heterocycles. The van der Waals surface area contributed by atoms with Crippen LogP contribution in [0.4, 0.5) is 0 Å². The first-order valence-corrected chi connectivity index (χ1v) is 8.12. The van der Waals surface area contributed by atoms with Gasteiger partial charge in [-0.05, 0) is 32.9 Å². The summed E-state index contributed by atoms with van der Waals surface area (Å²) in [4.78, 5) is 18.9. The maximum Gasteiger partial charge on any atom is 0.226 e. The van der Waals surface area contributed by atoms with Gasteiger partial charge in [-0.15, -0.1) is 11.3 Å². The van der Waals surface area contributed by atoms with E-state index in [0.29, 0.717) is 19.1 Å². The molecule has 0 spiro atoms. The first-order valence-electron chi connectivity index (χ1n) is 7.24. The number of hydrogen-bond acceptors (Lipinski definition) is 5. The van der Waals surface area contributed by atoms with E-state index in [1.807, 2.05) is 12.3 Å². The quantitative estimate of drug-likeness (QED) is 0.899.